The highest BCUT2D eigenvalue weighted by molar-refractivity contribution is 9.10. The minimum Gasteiger partial charge on any atom is -0.329 e. The van der Waals surface area contributed by atoms with Gasteiger partial charge in [0, 0.05) is 11.0 Å². The molecular weight excluding hydrogens is 294 g/mol. The van der Waals surface area contributed by atoms with Crippen LogP contribution in [0.3, 0.4) is 0 Å². The van der Waals surface area contributed by atoms with Crippen LogP contribution in [0.2, 0.25) is 0 Å². The molecular formula is C9H14BrN3O2S. The van der Waals surface area contributed by atoms with Gasteiger partial charge in [-0.2, -0.15) is 0 Å². The van der Waals surface area contributed by atoms with E-state index in [4.69, 9.17) is 5.73 Å². The molecule has 1 aromatic heterocycles. The third kappa shape index (κ3) is 3.16. The van der Waals surface area contributed by atoms with E-state index >= 15 is 0 Å². The van der Waals surface area contributed by atoms with Crippen LogP contribution in [0.15, 0.2) is 16.6 Å². The Morgan fingerprint density at radius 2 is 2.19 bits per heavy atom. The van der Waals surface area contributed by atoms with E-state index in [1.165, 1.54) is 0 Å². The van der Waals surface area contributed by atoms with Crippen LogP contribution < -0.4 is 10.5 Å². The molecule has 0 aliphatic heterocycles. The number of pyridine rings is 1. The first kappa shape index (κ1) is 13.4. The van der Waals surface area contributed by atoms with E-state index < -0.39 is 15.3 Å². The van der Waals surface area contributed by atoms with Crippen molar-refractivity contribution in [2.45, 2.75) is 19.1 Å². The molecule has 0 aliphatic rings. The van der Waals surface area contributed by atoms with Gasteiger partial charge in [0.25, 0.3) is 0 Å². The SMILES string of the molecule is Cc1nc(NS(=O)(=O)C(C)CN)ccc1Br. The van der Waals surface area contributed by atoms with E-state index in [2.05, 4.69) is 25.6 Å². The lowest BCUT2D eigenvalue weighted by Crippen LogP contribution is -2.31. The van der Waals surface area contributed by atoms with E-state index in [1.54, 1.807) is 26.0 Å². The number of nitrogens with one attached hydrogen (secondary N) is 1. The van der Waals surface area contributed by atoms with Gasteiger partial charge in [-0.25, -0.2) is 13.4 Å². The van der Waals surface area contributed by atoms with Crippen LogP contribution in [0, 0.1) is 6.92 Å². The summed E-state index contributed by atoms with van der Waals surface area (Å²) in [4.78, 5) is 4.10. The molecule has 1 unspecified atom stereocenters. The highest BCUT2D eigenvalue weighted by Crippen LogP contribution is 2.17. The molecule has 5 nitrogen and oxygen atoms in total. The number of sulfonamides is 1. The lowest BCUT2D eigenvalue weighted by atomic mass is 10.4. The van der Waals surface area contributed by atoms with Crippen molar-refractivity contribution >= 4 is 31.8 Å². The Labute approximate surface area is 104 Å². The van der Waals surface area contributed by atoms with Gasteiger partial charge in [-0.05, 0) is 41.9 Å². The molecule has 0 amide bonds. The van der Waals surface area contributed by atoms with Crippen molar-refractivity contribution in [2.75, 3.05) is 11.3 Å². The number of hydrogen-bond donors (Lipinski definition) is 2. The maximum atomic E-state index is 11.7. The summed E-state index contributed by atoms with van der Waals surface area (Å²) < 4.78 is 26.6. The molecule has 0 radical (unpaired) electrons. The van der Waals surface area contributed by atoms with Crippen LogP contribution >= 0.6 is 15.9 Å². The van der Waals surface area contributed by atoms with Crippen LogP contribution in [-0.4, -0.2) is 25.2 Å². The number of anilines is 1. The molecule has 0 saturated heterocycles. The van der Waals surface area contributed by atoms with Crippen LogP contribution in [0.25, 0.3) is 0 Å². The number of nitrogens with zero attached hydrogens (tertiary/aromatic N) is 1. The summed E-state index contributed by atoms with van der Waals surface area (Å²) in [5.41, 5.74) is 6.04. The highest BCUT2D eigenvalue weighted by atomic mass is 79.9. The monoisotopic (exact) mass is 307 g/mol. The molecule has 1 atom stereocenters. The van der Waals surface area contributed by atoms with E-state index in [0.29, 0.717) is 5.82 Å². The number of halogens is 1. The Morgan fingerprint density at radius 3 is 2.69 bits per heavy atom. The molecule has 0 bridgehead atoms. The zero-order chi connectivity index (χ0) is 12.3. The molecule has 1 rings (SSSR count). The lowest BCUT2D eigenvalue weighted by Gasteiger charge is -2.12. The van der Waals surface area contributed by atoms with Gasteiger partial charge in [-0.15, -0.1) is 0 Å². The first-order chi connectivity index (χ1) is 7.36. The fourth-order valence-electron chi connectivity index (χ4n) is 0.974. The van der Waals surface area contributed by atoms with Crippen molar-refractivity contribution in [2.24, 2.45) is 5.73 Å². The second-order valence-corrected chi connectivity index (χ2v) is 6.41. The summed E-state index contributed by atoms with van der Waals surface area (Å²) in [5.74, 6) is 0.306. The molecule has 0 aliphatic carbocycles. The number of aryl methyl sites for hydroxylation is 1. The summed E-state index contributed by atoms with van der Waals surface area (Å²) in [5, 5.41) is -0.641. The first-order valence-electron chi connectivity index (χ1n) is 4.71. The maximum Gasteiger partial charge on any atom is 0.237 e. The Morgan fingerprint density at radius 1 is 1.56 bits per heavy atom. The Balaban J connectivity index is 2.93. The van der Waals surface area contributed by atoms with Gasteiger partial charge in [-0.3, -0.25) is 4.72 Å². The van der Waals surface area contributed by atoms with Crippen molar-refractivity contribution < 1.29 is 8.42 Å². The number of aromatic nitrogens is 1. The van der Waals surface area contributed by atoms with Crippen molar-refractivity contribution in [3.8, 4) is 0 Å². The molecule has 7 heteroatoms. The number of rotatable bonds is 4. The van der Waals surface area contributed by atoms with Crippen LogP contribution in [-0.2, 0) is 10.0 Å². The maximum absolute atomic E-state index is 11.7. The minimum atomic E-state index is -3.45. The number of nitrogens with two attached hydrogens (primary N) is 1. The van der Waals surface area contributed by atoms with E-state index in [9.17, 15) is 8.42 Å². The molecule has 0 aromatic carbocycles. The van der Waals surface area contributed by atoms with E-state index in [-0.39, 0.29) is 6.54 Å². The molecule has 0 saturated carbocycles. The van der Waals surface area contributed by atoms with Gasteiger partial charge in [-0.1, -0.05) is 0 Å². The topological polar surface area (TPSA) is 85.1 Å². The molecule has 3 N–H and O–H groups in total. The summed E-state index contributed by atoms with van der Waals surface area (Å²) in [6, 6.07) is 3.34. The van der Waals surface area contributed by atoms with Crippen LogP contribution in [0.5, 0.6) is 0 Å². The summed E-state index contributed by atoms with van der Waals surface area (Å²) in [6.07, 6.45) is 0. The average Bonchev–Trinajstić information content (AvgIpc) is 2.22. The third-order valence-corrected chi connectivity index (χ3v) is 4.71. The van der Waals surface area contributed by atoms with Crippen molar-refractivity contribution in [1.29, 1.82) is 0 Å². The summed E-state index contributed by atoms with van der Waals surface area (Å²) in [6.45, 7) is 3.41. The third-order valence-electron chi connectivity index (χ3n) is 2.13. The van der Waals surface area contributed by atoms with Crippen molar-refractivity contribution in [3.63, 3.8) is 0 Å². The van der Waals surface area contributed by atoms with Gasteiger partial charge in [0.05, 0.1) is 10.9 Å². The molecule has 0 fully saturated rings. The van der Waals surface area contributed by atoms with Gasteiger partial charge < -0.3 is 5.73 Å². The normalized spacial score (nSPS) is 13.5. The number of hydrogen-bond acceptors (Lipinski definition) is 4. The lowest BCUT2D eigenvalue weighted by molar-refractivity contribution is 0.589. The predicted molar refractivity (Wildman–Crippen MR) is 67.7 cm³/mol. The summed E-state index contributed by atoms with van der Waals surface area (Å²) >= 11 is 3.29. The molecule has 0 spiro atoms. The van der Waals surface area contributed by atoms with Gasteiger partial charge >= 0.3 is 0 Å². The Hall–Kier alpha value is -0.660. The smallest absolute Gasteiger partial charge is 0.237 e. The first-order valence-corrected chi connectivity index (χ1v) is 7.05. The average molecular weight is 308 g/mol. The molecule has 1 heterocycles. The summed E-state index contributed by atoms with van der Waals surface area (Å²) in [7, 11) is -3.45. The molecule has 16 heavy (non-hydrogen) atoms. The minimum absolute atomic E-state index is 0.0742. The fourth-order valence-corrected chi connectivity index (χ4v) is 2.05. The highest BCUT2D eigenvalue weighted by Gasteiger charge is 2.19. The molecule has 1 aromatic rings. The van der Waals surface area contributed by atoms with Gasteiger partial charge in [0.15, 0.2) is 0 Å². The van der Waals surface area contributed by atoms with Crippen molar-refractivity contribution in [1.82, 2.24) is 4.98 Å². The zero-order valence-corrected chi connectivity index (χ0v) is 11.5. The van der Waals surface area contributed by atoms with E-state index in [0.717, 1.165) is 10.2 Å². The van der Waals surface area contributed by atoms with Crippen LogP contribution in [0.1, 0.15) is 12.6 Å². The quantitative estimate of drug-likeness (QED) is 0.876. The fraction of sp³-hybridized carbons (Fsp3) is 0.444. The largest absolute Gasteiger partial charge is 0.329 e. The van der Waals surface area contributed by atoms with Gasteiger partial charge in [0.2, 0.25) is 10.0 Å². The van der Waals surface area contributed by atoms with Crippen LogP contribution in [0.4, 0.5) is 5.82 Å². The Bertz CT molecular complexity index is 476. The van der Waals surface area contributed by atoms with E-state index in [1.807, 2.05) is 0 Å². The standard InChI is InChI=1S/C9H14BrN3O2S/c1-6(5-11)16(14,15)13-9-4-3-8(10)7(2)12-9/h3-4,6H,5,11H2,1-2H3,(H,12,13). The second-order valence-electron chi connectivity index (χ2n) is 3.46. The zero-order valence-electron chi connectivity index (χ0n) is 9.07. The second kappa shape index (κ2) is 5.11. The Kier molecular flexibility index (Phi) is 4.28. The van der Waals surface area contributed by atoms with Crippen molar-refractivity contribution in [3.05, 3.63) is 22.3 Å². The molecule has 90 valence electrons. The predicted octanol–water partition coefficient (Wildman–Crippen LogP) is 1.24. The van der Waals surface area contributed by atoms with Gasteiger partial charge in [0.1, 0.15) is 5.82 Å².